The lowest BCUT2D eigenvalue weighted by molar-refractivity contribution is -0.386. The Morgan fingerprint density at radius 2 is 1.95 bits per heavy atom. The fourth-order valence-electron chi connectivity index (χ4n) is 1.85. The van der Waals surface area contributed by atoms with Crippen LogP contribution < -0.4 is 4.74 Å². The second-order valence-electron chi connectivity index (χ2n) is 4.80. The standard InChI is InChI=1S/C15H14BrNO4/c1-15(18,11-5-3-2-4-6-11)10-21-14-8-7-12(16)9-13(14)17(19)20/h2-9,18H,10H2,1H3. The summed E-state index contributed by atoms with van der Waals surface area (Å²) in [6.45, 7) is 1.52. The van der Waals surface area contributed by atoms with Gasteiger partial charge in [0.2, 0.25) is 0 Å². The number of nitro groups is 1. The molecular weight excluding hydrogens is 338 g/mol. The van der Waals surface area contributed by atoms with E-state index in [-0.39, 0.29) is 18.0 Å². The van der Waals surface area contributed by atoms with E-state index in [9.17, 15) is 15.2 Å². The van der Waals surface area contributed by atoms with Gasteiger partial charge in [0, 0.05) is 10.5 Å². The van der Waals surface area contributed by atoms with E-state index in [1.807, 2.05) is 18.2 Å². The van der Waals surface area contributed by atoms with Gasteiger partial charge in [-0.25, -0.2) is 0 Å². The Kier molecular flexibility index (Phi) is 4.59. The molecule has 0 aliphatic carbocycles. The number of aliphatic hydroxyl groups is 1. The largest absolute Gasteiger partial charge is 0.483 e. The van der Waals surface area contributed by atoms with Crippen molar-refractivity contribution in [1.29, 1.82) is 0 Å². The van der Waals surface area contributed by atoms with E-state index >= 15 is 0 Å². The van der Waals surface area contributed by atoms with Crippen LogP contribution >= 0.6 is 15.9 Å². The maximum atomic E-state index is 11.0. The van der Waals surface area contributed by atoms with E-state index in [4.69, 9.17) is 4.74 Å². The van der Waals surface area contributed by atoms with Crippen LogP contribution in [0.3, 0.4) is 0 Å². The molecule has 2 aromatic carbocycles. The molecule has 0 saturated heterocycles. The average molecular weight is 352 g/mol. The van der Waals surface area contributed by atoms with Crippen molar-refractivity contribution in [2.24, 2.45) is 0 Å². The van der Waals surface area contributed by atoms with Gasteiger partial charge < -0.3 is 9.84 Å². The first-order valence-electron chi connectivity index (χ1n) is 6.25. The summed E-state index contributed by atoms with van der Waals surface area (Å²) in [5, 5.41) is 21.4. The van der Waals surface area contributed by atoms with Gasteiger partial charge in [-0.15, -0.1) is 0 Å². The smallest absolute Gasteiger partial charge is 0.312 e. The first-order valence-corrected chi connectivity index (χ1v) is 7.04. The molecule has 6 heteroatoms. The Morgan fingerprint density at radius 1 is 1.29 bits per heavy atom. The van der Waals surface area contributed by atoms with Crippen molar-refractivity contribution < 1.29 is 14.8 Å². The van der Waals surface area contributed by atoms with Gasteiger partial charge in [0.25, 0.3) is 0 Å². The lowest BCUT2D eigenvalue weighted by Gasteiger charge is -2.23. The molecule has 0 amide bonds. The molecule has 0 aliphatic heterocycles. The highest BCUT2D eigenvalue weighted by Gasteiger charge is 2.25. The number of ether oxygens (including phenoxy) is 1. The van der Waals surface area contributed by atoms with E-state index in [1.54, 1.807) is 25.1 Å². The van der Waals surface area contributed by atoms with Crippen molar-refractivity contribution in [2.75, 3.05) is 6.61 Å². The third-order valence-corrected chi connectivity index (χ3v) is 3.52. The van der Waals surface area contributed by atoms with Crippen LogP contribution in [-0.2, 0) is 5.60 Å². The number of hydrogen-bond acceptors (Lipinski definition) is 4. The normalized spacial score (nSPS) is 13.5. The monoisotopic (exact) mass is 351 g/mol. The van der Waals surface area contributed by atoms with E-state index < -0.39 is 10.5 Å². The quantitative estimate of drug-likeness (QED) is 0.659. The molecule has 2 aromatic rings. The SMILES string of the molecule is CC(O)(COc1ccc(Br)cc1[N+](=O)[O-])c1ccccc1. The molecule has 5 nitrogen and oxygen atoms in total. The summed E-state index contributed by atoms with van der Waals surface area (Å²) in [6.07, 6.45) is 0. The first-order chi connectivity index (χ1) is 9.90. The minimum absolute atomic E-state index is 0.0838. The summed E-state index contributed by atoms with van der Waals surface area (Å²) in [7, 11) is 0. The van der Waals surface area contributed by atoms with Crippen molar-refractivity contribution >= 4 is 21.6 Å². The zero-order valence-electron chi connectivity index (χ0n) is 11.3. The predicted molar refractivity (Wildman–Crippen MR) is 82.3 cm³/mol. The molecule has 0 fully saturated rings. The highest BCUT2D eigenvalue weighted by molar-refractivity contribution is 9.10. The molecule has 0 radical (unpaired) electrons. The number of nitrogens with zero attached hydrogens (tertiary/aromatic N) is 1. The van der Waals surface area contributed by atoms with Crippen molar-refractivity contribution in [2.45, 2.75) is 12.5 Å². The molecule has 21 heavy (non-hydrogen) atoms. The lowest BCUT2D eigenvalue weighted by atomic mass is 9.97. The maximum absolute atomic E-state index is 11.0. The van der Waals surface area contributed by atoms with Gasteiger partial charge in [-0.2, -0.15) is 0 Å². The van der Waals surface area contributed by atoms with Gasteiger partial charge in [0.05, 0.1) is 4.92 Å². The van der Waals surface area contributed by atoms with Crippen LogP contribution in [0, 0.1) is 10.1 Å². The van der Waals surface area contributed by atoms with Gasteiger partial charge >= 0.3 is 5.69 Å². The topological polar surface area (TPSA) is 72.6 Å². The van der Waals surface area contributed by atoms with Crippen LogP contribution in [0.5, 0.6) is 5.75 Å². The van der Waals surface area contributed by atoms with Crippen LogP contribution in [0.2, 0.25) is 0 Å². The van der Waals surface area contributed by atoms with Crippen LogP contribution in [-0.4, -0.2) is 16.6 Å². The molecule has 0 bridgehead atoms. The second kappa shape index (κ2) is 6.24. The first kappa shape index (κ1) is 15.5. The van der Waals surface area contributed by atoms with Crippen molar-refractivity contribution in [1.82, 2.24) is 0 Å². The maximum Gasteiger partial charge on any atom is 0.312 e. The Bertz CT molecular complexity index is 643. The van der Waals surface area contributed by atoms with Gasteiger partial charge in [-0.3, -0.25) is 10.1 Å². The zero-order valence-corrected chi connectivity index (χ0v) is 12.9. The number of hydrogen-bond donors (Lipinski definition) is 1. The van der Waals surface area contributed by atoms with E-state index in [0.29, 0.717) is 10.0 Å². The fourth-order valence-corrected chi connectivity index (χ4v) is 2.20. The van der Waals surface area contributed by atoms with E-state index in [2.05, 4.69) is 15.9 Å². The van der Waals surface area contributed by atoms with E-state index in [0.717, 1.165) is 0 Å². The number of rotatable bonds is 5. The number of halogens is 1. The zero-order chi connectivity index (χ0) is 15.5. The molecule has 110 valence electrons. The minimum atomic E-state index is -1.23. The summed E-state index contributed by atoms with van der Waals surface area (Å²) in [5.74, 6) is 0.124. The Labute approximate surface area is 130 Å². The molecule has 0 aromatic heterocycles. The van der Waals surface area contributed by atoms with Crippen LogP contribution in [0.25, 0.3) is 0 Å². The van der Waals surface area contributed by atoms with Gasteiger partial charge in [0.15, 0.2) is 5.75 Å². The second-order valence-corrected chi connectivity index (χ2v) is 5.71. The van der Waals surface area contributed by atoms with Crippen LogP contribution in [0.1, 0.15) is 12.5 Å². The van der Waals surface area contributed by atoms with Gasteiger partial charge in [-0.05, 0) is 24.6 Å². The number of nitro benzene ring substituents is 1. The molecule has 1 atom stereocenters. The summed E-state index contributed by atoms with van der Waals surface area (Å²) in [4.78, 5) is 10.5. The third kappa shape index (κ3) is 3.80. The third-order valence-electron chi connectivity index (χ3n) is 3.02. The summed E-state index contributed by atoms with van der Waals surface area (Å²) in [6, 6.07) is 13.5. The molecule has 2 rings (SSSR count). The van der Waals surface area contributed by atoms with E-state index in [1.165, 1.54) is 12.1 Å². The summed E-state index contributed by atoms with van der Waals surface area (Å²) in [5.41, 5.74) is -0.694. The highest BCUT2D eigenvalue weighted by atomic mass is 79.9. The Morgan fingerprint density at radius 3 is 2.57 bits per heavy atom. The molecule has 0 saturated carbocycles. The summed E-state index contributed by atoms with van der Waals surface area (Å²) >= 11 is 3.18. The van der Waals surface area contributed by atoms with Crippen LogP contribution in [0.15, 0.2) is 53.0 Å². The molecule has 0 heterocycles. The average Bonchev–Trinajstić information content (AvgIpc) is 2.47. The van der Waals surface area contributed by atoms with Gasteiger partial charge in [0.1, 0.15) is 12.2 Å². The predicted octanol–water partition coefficient (Wildman–Crippen LogP) is 3.64. The molecule has 1 N–H and O–H groups in total. The Hall–Kier alpha value is -1.92. The van der Waals surface area contributed by atoms with Gasteiger partial charge in [-0.1, -0.05) is 46.3 Å². The summed E-state index contributed by atoms with van der Waals surface area (Å²) < 4.78 is 6.05. The molecule has 0 aliphatic rings. The molecule has 0 spiro atoms. The lowest BCUT2D eigenvalue weighted by Crippen LogP contribution is -2.29. The number of benzene rings is 2. The fraction of sp³-hybridized carbons (Fsp3) is 0.200. The van der Waals surface area contributed by atoms with Crippen molar-refractivity contribution in [3.05, 3.63) is 68.7 Å². The van der Waals surface area contributed by atoms with Crippen molar-refractivity contribution in [3.63, 3.8) is 0 Å². The molecular formula is C15H14BrNO4. The highest BCUT2D eigenvalue weighted by Crippen LogP contribution is 2.31. The van der Waals surface area contributed by atoms with Crippen molar-refractivity contribution in [3.8, 4) is 5.75 Å². The molecule has 1 unspecified atom stereocenters. The van der Waals surface area contributed by atoms with Crippen LogP contribution in [0.4, 0.5) is 5.69 Å². The Balaban J connectivity index is 2.18. The minimum Gasteiger partial charge on any atom is -0.483 e.